The maximum absolute atomic E-state index is 12.3. The van der Waals surface area contributed by atoms with Crippen molar-refractivity contribution in [1.82, 2.24) is 0 Å². The lowest BCUT2D eigenvalue weighted by molar-refractivity contribution is -0.153. The number of allylic oxidation sites excluding steroid dienone is 19. The van der Waals surface area contributed by atoms with E-state index in [0.29, 0.717) is 19.3 Å². The van der Waals surface area contributed by atoms with Crippen LogP contribution in [-0.2, 0) is 32.7 Å². The van der Waals surface area contributed by atoms with Crippen LogP contribution in [0, 0.1) is 0 Å². The van der Waals surface area contributed by atoms with Crippen LogP contribution in [-0.4, -0.2) is 65.7 Å². The number of aliphatic hydroxyl groups is 2. The second-order valence-corrected chi connectivity index (χ2v) is 13.6. The minimum Gasteiger partial charge on any atom is -0.457 e. The number of ether oxygens (including phenoxy) is 2. The molecule has 0 aliphatic heterocycles. The number of phosphoric ester groups is 1. The summed E-state index contributed by atoms with van der Waals surface area (Å²) in [6.45, 7) is 1.75. The zero-order valence-electron chi connectivity index (χ0n) is 33.1. The molecule has 10 nitrogen and oxygen atoms in total. The van der Waals surface area contributed by atoms with E-state index >= 15 is 0 Å². The molecule has 0 amide bonds. The Labute approximate surface area is 330 Å². The predicted molar refractivity (Wildman–Crippen MR) is 223 cm³/mol. The minimum absolute atomic E-state index is 0.0524. The number of phosphoric acid groups is 1. The van der Waals surface area contributed by atoms with Crippen LogP contribution >= 0.6 is 7.82 Å². The summed E-state index contributed by atoms with van der Waals surface area (Å²) in [6, 6.07) is 0. The Balaban J connectivity index is 4.19. The van der Waals surface area contributed by atoms with Gasteiger partial charge in [0.25, 0.3) is 0 Å². The van der Waals surface area contributed by atoms with Crippen LogP contribution in [0.1, 0.15) is 104 Å². The van der Waals surface area contributed by atoms with Crippen molar-refractivity contribution >= 4 is 19.8 Å². The molecular weight excluding hydrogens is 719 g/mol. The van der Waals surface area contributed by atoms with Crippen LogP contribution in [0.2, 0.25) is 0 Å². The molecule has 0 fully saturated rings. The van der Waals surface area contributed by atoms with E-state index in [1.807, 2.05) is 30.4 Å². The van der Waals surface area contributed by atoms with Gasteiger partial charge >= 0.3 is 19.8 Å². The lowest BCUT2D eigenvalue weighted by atomic mass is 10.2. The van der Waals surface area contributed by atoms with Crippen molar-refractivity contribution in [3.05, 3.63) is 122 Å². The van der Waals surface area contributed by atoms with E-state index in [1.54, 1.807) is 6.08 Å². The SMILES string of the molecule is CC/C=C\C/C=C\C/C=C\C/C=C\C/C=C\CCCC(=O)OC(CO)COP(=O)(O)OCC(CO)OC(=O)C/C=C\C/C=C\C/C=C\C/C=C\C/C=C\CC. The van der Waals surface area contributed by atoms with Gasteiger partial charge in [-0.15, -0.1) is 0 Å². The highest BCUT2D eigenvalue weighted by Gasteiger charge is 2.27. The van der Waals surface area contributed by atoms with Crippen molar-refractivity contribution in [2.24, 2.45) is 0 Å². The highest BCUT2D eigenvalue weighted by molar-refractivity contribution is 7.47. The average Bonchev–Trinajstić information content (AvgIpc) is 3.17. The van der Waals surface area contributed by atoms with E-state index in [-0.39, 0.29) is 12.8 Å². The molecule has 0 saturated carbocycles. The quantitative estimate of drug-likeness (QED) is 0.0249. The lowest BCUT2D eigenvalue weighted by Crippen LogP contribution is -2.28. The van der Waals surface area contributed by atoms with E-state index in [9.17, 15) is 29.3 Å². The first-order valence-electron chi connectivity index (χ1n) is 19.5. The third-order valence-electron chi connectivity index (χ3n) is 7.20. The average molecular weight is 787 g/mol. The molecule has 0 spiro atoms. The smallest absolute Gasteiger partial charge is 0.457 e. The molecule has 0 aliphatic rings. The normalized spacial score (nSPS) is 15.2. The Morgan fingerprint density at radius 2 is 0.836 bits per heavy atom. The second-order valence-electron chi connectivity index (χ2n) is 12.2. The first-order chi connectivity index (χ1) is 26.8. The van der Waals surface area contributed by atoms with Gasteiger partial charge in [0, 0.05) is 6.42 Å². The van der Waals surface area contributed by atoms with E-state index in [2.05, 4.69) is 98.9 Å². The Bertz CT molecular complexity index is 1320. The molecule has 3 N–H and O–H groups in total. The Morgan fingerprint density at radius 1 is 0.509 bits per heavy atom. The summed E-state index contributed by atoms with van der Waals surface area (Å²) in [6.07, 6.45) is 49.3. The number of esters is 2. The molecular formula is C44H67O10P. The molecule has 308 valence electrons. The Morgan fingerprint density at radius 3 is 1.20 bits per heavy atom. The number of hydrogen-bond donors (Lipinski definition) is 3. The minimum atomic E-state index is -4.68. The van der Waals surface area contributed by atoms with Gasteiger partial charge in [-0.3, -0.25) is 18.6 Å². The van der Waals surface area contributed by atoms with Crippen LogP contribution in [0.3, 0.4) is 0 Å². The number of carbonyl (C=O) groups is 2. The maximum atomic E-state index is 12.3. The number of hydrogen-bond acceptors (Lipinski definition) is 9. The lowest BCUT2D eigenvalue weighted by Gasteiger charge is -2.20. The van der Waals surface area contributed by atoms with Crippen LogP contribution in [0.25, 0.3) is 0 Å². The van der Waals surface area contributed by atoms with Gasteiger partial charge in [-0.1, -0.05) is 135 Å². The summed E-state index contributed by atoms with van der Waals surface area (Å²) in [5.41, 5.74) is 0. The molecule has 11 heteroatoms. The highest BCUT2D eigenvalue weighted by atomic mass is 31.2. The molecule has 3 unspecified atom stereocenters. The third-order valence-corrected chi connectivity index (χ3v) is 8.15. The van der Waals surface area contributed by atoms with Crippen molar-refractivity contribution in [3.8, 4) is 0 Å². The van der Waals surface area contributed by atoms with Gasteiger partial charge in [-0.2, -0.15) is 0 Å². The summed E-state index contributed by atoms with van der Waals surface area (Å²) in [4.78, 5) is 34.3. The fourth-order valence-corrected chi connectivity index (χ4v) is 5.07. The Hall–Kier alpha value is -3.63. The van der Waals surface area contributed by atoms with Gasteiger partial charge in [0.2, 0.25) is 0 Å². The summed E-state index contributed by atoms with van der Waals surface area (Å²) < 4.78 is 32.3. The summed E-state index contributed by atoms with van der Waals surface area (Å²) in [5.74, 6) is -1.23. The van der Waals surface area contributed by atoms with E-state index in [4.69, 9.17) is 18.5 Å². The number of carbonyl (C=O) groups excluding carboxylic acids is 2. The van der Waals surface area contributed by atoms with Crippen LogP contribution in [0.5, 0.6) is 0 Å². The number of unbranched alkanes of at least 4 members (excludes halogenated alkanes) is 1. The maximum Gasteiger partial charge on any atom is 0.472 e. The number of rotatable bonds is 34. The zero-order chi connectivity index (χ0) is 40.5. The van der Waals surface area contributed by atoms with Crippen LogP contribution in [0.15, 0.2) is 122 Å². The molecule has 0 saturated heterocycles. The molecule has 0 aromatic carbocycles. The molecule has 0 aliphatic carbocycles. The molecule has 0 bridgehead atoms. The largest absolute Gasteiger partial charge is 0.472 e. The van der Waals surface area contributed by atoms with Crippen LogP contribution < -0.4 is 0 Å². The summed E-state index contributed by atoms with van der Waals surface area (Å²) in [5, 5.41) is 19.1. The second kappa shape index (κ2) is 38.6. The predicted octanol–water partition coefficient (Wildman–Crippen LogP) is 9.99. The van der Waals surface area contributed by atoms with E-state index in [0.717, 1.165) is 57.8 Å². The molecule has 0 aromatic rings. The molecule has 55 heavy (non-hydrogen) atoms. The monoisotopic (exact) mass is 786 g/mol. The van der Waals surface area contributed by atoms with Gasteiger partial charge in [0.15, 0.2) is 0 Å². The number of aliphatic hydroxyl groups excluding tert-OH is 2. The summed E-state index contributed by atoms with van der Waals surface area (Å²) >= 11 is 0. The zero-order valence-corrected chi connectivity index (χ0v) is 34.0. The van der Waals surface area contributed by atoms with Gasteiger partial charge in [0.1, 0.15) is 12.2 Å². The third kappa shape index (κ3) is 37.1. The fraction of sp³-hybridized carbons (Fsp3) is 0.500. The highest BCUT2D eigenvalue weighted by Crippen LogP contribution is 2.43. The first kappa shape index (κ1) is 51.4. The van der Waals surface area contributed by atoms with Crippen molar-refractivity contribution in [2.45, 2.75) is 116 Å². The topological polar surface area (TPSA) is 149 Å². The van der Waals surface area contributed by atoms with Gasteiger partial charge in [0.05, 0.1) is 32.8 Å². The van der Waals surface area contributed by atoms with Crippen molar-refractivity contribution in [3.63, 3.8) is 0 Å². The van der Waals surface area contributed by atoms with Gasteiger partial charge in [-0.25, -0.2) is 4.57 Å². The van der Waals surface area contributed by atoms with Gasteiger partial charge in [-0.05, 0) is 77.0 Å². The van der Waals surface area contributed by atoms with E-state index in [1.165, 1.54) is 0 Å². The van der Waals surface area contributed by atoms with Crippen molar-refractivity contribution in [1.29, 1.82) is 0 Å². The fourth-order valence-electron chi connectivity index (χ4n) is 4.28. The van der Waals surface area contributed by atoms with Gasteiger partial charge < -0.3 is 24.6 Å². The molecule has 3 atom stereocenters. The first-order valence-corrected chi connectivity index (χ1v) is 21.0. The molecule has 0 rings (SSSR count). The standard InChI is InChI=1S/C44H67O10P/c1-3-5-7-9-11-13-15-17-19-20-22-24-26-28-30-32-34-36-44(48)54-42(38-46)40-52-55(49,50)51-39-41(37-45)53-43(47)35-33-31-29-27-25-23-21-18-16-14-12-10-8-6-4-2/h5-8,11-14,17-19,21-22,24-25,27-28,30-31,33,41-42,45-46H,3-4,9-10,15-16,20,23,26,29,32,34-40H2,1-2H3,(H,49,50)/b7-5-,8-6-,13-11-,14-12-,19-17-,21-18-,24-22-,27-25-,30-28-,33-31-. The van der Waals surface area contributed by atoms with Crippen molar-refractivity contribution < 1.29 is 47.8 Å². The molecule has 0 aromatic heterocycles. The van der Waals surface area contributed by atoms with E-state index < -0.39 is 58.4 Å². The molecule has 0 radical (unpaired) electrons. The molecule has 0 heterocycles. The summed E-state index contributed by atoms with van der Waals surface area (Å²) in [7, 11) is -4.68. The van der Waals surface area contributed by atoms with Crippen molar-refractivity contribution in [2.75, 3.05) is 26.4 Å². The van der Waals surface area contributed by atoms with Crippen LogP contribution in [0.4, 0.5) is 0 Å². The Kier molecular flexibility index (Phi) is 36.1.